The summed E-state index contributed by atoms with van der Waals surface area (Å²) >= 11 is 3.19. The number of aromatic carboxylic acids is 1. The number of rotatable bonds is 2. The van der Waals surface area contributed by atoms with Crippen molar-refractivity contribution in [3.63, 3.8) is 0 Å². The molecule has 106 valence electrons. The third kappa shape index (κ3) is 2.15. The van der Waals surface area contributed by atoms with Gasteiger partial charge < -0.3 is 10.1 Å². The number of carboxylic acid groups (broad SMARTS) is 1. The van der Waals surface area contributed by atoms with Crippen LogP contribution in [0.3, 0.4) is 0 Å². The molecule has 1 aromatic heterocycles. The highest BCUT2D eigenvalue weighted by Crippen LogP contribution is 2.26. The number of aromatic amines is 1. The summed E-state index contributed by atoms with van der Waals surface area (Å²) in [6.07, 6.45) is 0. The average molecular weight is 351 g/mol. The van der Waals surface area contributed by atoms with E-state index in [9.17, 15) is 19.1 Å². The molecule has 2 aromatic carbocycles. The van der Waals surface area contributed by atoms with Crippen LogP contribution in [0.1, 0.15) is 10.4 Å². The number of imidazole rings is 1. The fourth-order valence-corrected chi connectivity index (χ4v) is 2.75. The molecule has 2 N–H and O–H groups in total. The maximum absolute atomic E-state index is 13.2. The molecule has 3 rings (SSSR count). The Morgan fingerprint density at radius 3 is 2.71 bits per heavy atom. The van der Waals surface area contributed by atoms with E-state index in [1.54, 1.807) is 12.1 Å². The second-order valence-corrected chi connectivity index (χ2v) is 5.22. The Kier molecular flexibility index (Phi) is 3.13. The number of benzene rings is 2. The zero-order valence-corrected chi connectivity index (χ0v) is 12.0. The number of para-hydroxylation sites is 1. The van der Waals surface area contributed by atoms with Gasteiger partial charge in [0.2, 0.25) is 0 Å². The van der Waals surface area contributed by atoms with E-state index in [4.69, 9.17) is 0 Å². The first-order chi connectivity index (χ1) is 9.99. The Bertz CT molecular complexity index is 930. The van der Waals surface area contributed by atoms with E-state index in [1.165, 1.54) is 28.8 Å². The minimum atomic E-state index is -1.15. The number of hydrogen-bond donors (Lipinski definition) is 2. The smallest absolute Gasteiger partial charge is 0.337 e. The van der Waals surface area contributed by atoms with E-state index >= 15 is 0 Å². The molecule has 0 bridgehead atoms. The first kappa shape index (κ1) is 13.6. The minimum absolute atomic E-state index is 0.0120. The predicted molar refractivity (Wildman–Crippen MR) is 78.5 cm³/mol. The lowest BCUT2D eigenvalue weighted by Crippen LogP contribution is -2.16. The Hall–Kier alpha value is -2.41. The first-order valence-corrected chi connectivity index (χ1v) is 6.71. The molecule has 1 heterocycles. The van der Waals surface area contributed by atoms with Gasteiger partial charge in [0, 0.05) is 4.47 Å². The number of carbonyl (C=O) groups is 1. The van der Waals surface area contributed by atoms with Crippen molar-refractivity contribution < 1.29 is 14.3 Å². The van der Waals surface area contributed by atoms with Crippen molar-refractivity contribution in [2.45, 2.75) is 0 Å². The van der Waals surface area contributed by atoms with Crippen LogP contribution in [0, 0.1) is 5.82 Å². The summed E-state index contributed by atoms with van der Waals surface area (Å²) in [5.74, 6) is -1.61. The summed E-state index contributed by atoms with van der Waals surface area (Å²) in [5.41, 5.74) is 0.493. The van der Waals surface area contributed by atoms with Crippen LogP contribution in [0.15, 0.2) is 45.7 Å². The van der Waals surface area contributed by atoms with Gasteiger partial charge in [-0.3, -0.25) is 4.57 Å². The zero-order chi connectivity index (χ0) is 15.1. The second-order valence-electron chi connectivity index (χ2n) is 4.37. The highest BCUT2D eigenvalue weighted by Gasteiger charge is 2.18. The lowest BCUT2D eigenvalue weighted by atomic mass is 10.2. The molecule has 0 radical (unpaired) electrons. The monoisotopic (exact) mass is 350 g/mol. The fourth-order valence-electron chi connectivity index (χ4n) is 2.22. The standard InChI is InChI=1S/C14H8BrFN2O3/c15-9-6-7(16)4-5-11(9)18-12-8(13(19)20)2-1-3-10(12)17-14(18)21/h1-6H,(H,17,21)(H,19,20). The molecule has 0 aliphatic rings. The normalized spacial score (nSPS) is 11.0. The van der Waals surface area contributed by atoms with Gasteiger partial charge in [-0.25, -0.2) is 14.0 Å². The van der Waals surface area contributed by atoms with E-state index in [2.05, 4.69) is 20.9 Å². The molecule has 0 saturated carbocycles. The summed E-state index contributed by atoms with van der Waals surface area (Å²) in [6.45, 7) is 0. The van der Waals surface area contributed by atoms with Crippen molar-refractivity contribution in [1.82, 2.24) is 9.55 Å². The van der Waals surface area contributed by atoms with Gasteiger partial charge in [0.05, 0.1) is 22.3 Å². The van der Waals surface area contributed by atoms with Gasteiger partial charge >= 0.3 is 11.7 Å². The van der Waals surface area contributed by atoms with Crippen molar-refractivity contribution in [3.8, 4) is 5.69 Å². The summed E-state index contributed by atoms with van der Waals surface area (Å²) in [6, 6.07) is 8.39. The highest BCUT2D eigenvalue weighted by atomic mass is 79.9. The van der Waals surface area contributed by atoms with Gasteiger partial charge in [-0.1, -0.05) is 6.07 Å². The van der Waals surface area contributed by atoms with Crippen LogP contribution in [0.5, 0.6) is 0 Å². The van der Waals surface area contributed by atoms with Crippen LogP contribution in [-0.4, -0.2) is 20.6 Å². The maximum atomic E-state index is 13.2. The molecule has 3 aromatic rings. The van der Waals surface area contributed by atoms with E-state index in [-0.39, 0.29) is 11.1 Å². The van der Waals surface area contributed by atoms with Gasteiger partial charge in [0.1, 0.15) is 5.82 Å². The molecule has 7 heteroatoms. The summed E-state index contributed by atoms with van der Waals surface area (Å²) in [4.78, 5) is 26.1. The number of hydrogen-bond acceptors (Lipinski definition) is 2. The average Bonchev–Trinajstić information content (AvgIpc) is 2.74. The van der Waals surface area contributed by atoms with Crippen molar-refractivity contribution >= 4 is 32.9 Å². The van der Waals surface area contributed by atoms with Gasteiger partial charge in [-0.05, 0) is 46.3 Å². The number of halogens is 2. The zero-order valence-electron chi connectivity index (χ0n) is 10.4. The number of fused-ring (bicyclic) bond motifs is 1. The molecule has 0 aliphatic carbocycles. The number of H-pyrrole nitrogens is 1. The van der Waals surface area contributed by atoms with Crippen molar-refractivity contribution in [2.24, 2.45) is 0 Å². The summed E-state index contributed by atoms with van der Waals surface area (Å²) in [5, 5.41) is 9.28. The fraction of sp³-hybridized carbons (Fsp3) is 0. The highest BCUT2D eigenvalue weighted by molar-refractivity contribution is 9.10. The number of nitrogens with one attached hydrogen (secondary N) is 1. The van der Waals surface area contributed by atoms with Crippen LogP contribution in [-0.2, 0) is 0 Å². The van der Waals surface area contributed by atoms with E-state index in [0.717, 1.165) is 0 Å². The second kappa shape index (κ2) is 4.85. The molecular formula is C14H8BrFN2O3. The number of nitrogens with zero attached hydrogens (tertiary/aromatic N) is 1. The third-order valence-corrected chi connectivity index (χ3v) is 3.72. The Morgan fingerprint density at radius 1 is 1.29 bits per heavy atom. The Morgan fingerprint density at radius 2 is 2.05 bits per heavy atom. The molecule has 0 spiro atoms. The number of carboxylic acids is 1. The topological polar surface area (TPSA) is 75.1 Å². The molecule has 0 saturated heterocycles. The number of aromatic nitrogens is 2. The SMILES string of the molecule is O=C(O)c1cccc2[nH]c(=O)n(-c3ccc(F)cc3Br)c12. The van der Waals surface area contributed by atoms with Crippen LogP contribution in [0.2, 0.25) is 0 Å². The van der Waals surface area contributed by atoms with E-state index < -0.39 is 17.5 Å². The predicted octanol–water partition coefficient (Wildman–Crippen LogP) is 2.92. The summed E-state index contributed by atoms with van der Waals surface area (Å²) in [7, 11) is 0. The first-order valence-electron chi connectivity index (χ1n) is 5.91. The molecule has 21 heavy (non-hydrogen) atoms. The quantitative estimate of drug-likeness (QED) is 0.746. The van der Waals surface area contributed by atoms with Crippen molar-refractivity contribution in [3.05, 3.63) is 62.7 Å². The molecule has 0 fully saturated rings. The minimum Gasteiger partial charge on any atom is -0.478 e. The van der Waals surface area contributed by atoms with Crippen LogP contribution < -0.4 is 5.69 Å². The summed E-state index contributed by atoms with van der Waals surface area (Å²) < 4.78 is 14.8. The molecule has 0 amide bonds. The lowest BCUT2D eigenvalue weighted by molar-refractivity contribution is 0.0698. The molecular weight excluding hydrogens is 343 g/mol. The van der Waals surface area contributed by atoms with Gasteiger partial charge in [0.25, 0.3) is 0 Å². The van der Waals surface area contributed by atoms with Gasteiger partial charge in [-0.2, -0.15) is 0 Å². The lowest BCUT2D eigenvalue weighted by Gasteiger charge is -2.08. The largest absolute Gasteiger partial charge is 0.478 e. The van der Waals surface area contributed by atoms with Crippen LogP contribution >= 0.6 is 15.9 Å². The molecule has 5 nitrogen and oxygen atoms in total. The van der Waals surface area contributed by atoms with Crippen molar-refractivity contribution in [1.29, 1.82) is 0 Å². The van der Waals surface area contributed by atoms with E-state index in [0.29, 0.717) is 15.7 Å². The molecule has 0 unspecified atom stereocenters. The van der Waals surface area contributed by atoms with E-state index in [1.807, 2.05) is 0 Å². The Balaban J connectivity index is 2.45. The maximum Gasteiger partial charge on any atom is 0.337 e. The Labute approximate surface area is 125 Å². The van der Waals surface area contributed by atoms with Crippen LogP contribution in [0.4, 0.5) is 4.39 Å². The van der Waals surface area contributed by atoms with Gasteiger partial charge in [0.15, 0.2) is 0 Å². The molecule has 0 atom stereocenters. The third-order valence-electron chi connectivity index (χ3n) is 3.09. The van der Waals surface area contributed by atoms with Crippen molar-refractivity contribution in [2.75, 3.05) is 0 Å². The van der Waals surface area contributed by atoms with Gasteiger partial charge in [-0.15, -0.1) is 0 Å². The molecule has 0 aliphatic heterocycles. The van der Waals surface area contributed by atoms with Crippen LogP contribution in [0.25, 0.3) is 16.7 Å².